The van der Waals surface area contributed by atoms with Gasteiger partial charge in [0.05, 0.1) is 0 Å². The minimum Gasteiger partial charge on any atom is -0.353 e. The van der Waals surface area contributed by atoms with Crippen LogP contribution in [0, 0.1) is 5.92 Å². The molecule has 0 saturated carbocycles. The van der Waals surface area contributed by atoms with Crippen LogP contribution in [0.4, 0.5) is 0 Å². The summed E-state index contributed by atoms with van der Waals surface area (Å²) in [6, 6.07) is 0.456. The summed E-state index contributed by atoms with van der Waals surface area (Å²) < 4.78 is 0. The van der Waals surface area contributed by atoms with E-state index >= 15 is 0 Å². The molecule has 84 valence electrons. The van der Waals surface area contributed by atoms with Crippen LogP contribution in [-0.2, 0) is 0 Å². The quantitative estimate of drug-likeness (QED) is 0.271. The van der Waals surface area contributed by atoms with Gasteiger partial charge in [-0.05, 0) is 18.8 Å². The minimum atomic E-state index is 0.456. The van der Waals surface area contributed by atoms with Crippen LogP contribution < -0.4 is 16.6 Å². The summed E-state index contributed by atoms with van der Waals surface area (Å²) in [5.41, 5.74) is 2.60. The predicted octanol–water partition coefficient (Wildman–Crippen LogP) is 1.24. The Morgan fingerprint density at radius 1 is 1.29 bits per heavy atom. The Balaban J connectivity index is 4.05. The first kappa shape index (κ1) is 13.2. The van der Waals surface area contributed by atoms with E-state index in [1.807, 2.05) is 0 Å². The van der Waals surface area contributed by atoms with Crippen molar-refractivity contribution in [1.29, 1.82) is 0 Å². The molecular formula is C10H24N4. The lowest BCUT2D eigenvalue weighted by Crippen LogP contribution is -2.46. The molecule has 14 heavy (non-hydrogen) atoms. The average Bonchev–Trinajstić information content (AvgIpc) is 2.18. The molecule has 0 heterocycles. The van der Waals surface area contributed by atoms with Gasteiger partial charge in [-0.15, -0.1) is 0 Å². The lowest BCUT2D eigenvalue weighted by atomic mass is 10.2. The summed E-state index contributed by atoms with van der Waals surface area (Å²) in [6.45, 7) is 9.37. The lowest BCUT2D eigenvalue weighted by molar-refractivity contribution is 0.556. The second kappa shape index (κ2) is 7.62. The first-order valence-electron chi connectivity index (χ1n) is 5.41. The van der Waals surface area contributed by atoms with Gasteiger partial charge in [0.25, 0.3) is 0 Å². The van der Waals surface area contributed by atoms with Crippen molar-refractivity contribution in [2.75, 3.05) is 6.54 Å². The molecule has 4 nitrogen and oxygen atoms in total. The molecule has 0 aliphatic carbocycles. The molecule has 0 atom stereocenters. The first-order chi connectivity index (χ1) is 6.63. The minimum absolute atomic E-state index is 0.456. The molecule has 0 aliphatic rings. The Kier molecular flexibility index (Phi) is 7.20. The Morgan fingerprint density at radius 2 is 1.86 bits per heavy atom. The maximum absolute atomic E-state index is 5.37. The molecule has 0 bridgehead atoms. The van der Waals surface area contributed by atoms with Crippen molar-refractivity contribution < 1.29 is 0 Å². The van der Waals surface area contributed by atoms with E-state index in [9.17, 15) is 0 Å². The van der Waals surface area contributed by atoms with Crippen LogP contribution in [-0.4, -0.2) is 18.5 Å². The highest BCUT2D eigenvalue weighted by Gasteiger charge is 2.04. The lowest BCUT2D eigenvalue weighted by Gasteiger charge is -2.17. The smallest absolute Gasteiger partial charge is 0.205 e. The molecule has 0 radical (unpaired) electrons. The summed E-state index contributed by atoms with van der Waals surface area (Å²) in [4.78, 5) is 4.35. The predicted molar refractivity (Wildman–Crippen MR) is 62.0 cm³/mol. The van der Waals surface area contributed by atoms with Gasteiger partial charge < -0.3 is 5.32 Å². The molecule has 0 amide bonds. The third-order valence-corrected chi connectivity index (χ3v) is 2.08. The van der Waals surface area contributed by atoms with Crippen molar-refractivity contribution in [3.63, 3.8) is 0 Å². The van der Waals surface area contributed by atoms with Crippen molar-refractivity contribution in [2.45, 2.75) is 46.6 Å². The molecule has 0 aromatic heterocycles. The normalized spacial score (nSPS) is 12.4. The highest BCUT2D eigenvalue weighted by atomic mass is 15.3. The van der Waals surface area contributed by atoms with Crippen LogP contribution >= 0.6 is 0 Å². The molecule has 0 aliphatic heterocycles. The summed E-state index contributed by atoms with van der Waals surface area (Å²) in [7, 11) is 0. The molecule has 0 rings (SSSR count). The van der Waals surface area contributed by atoms with Gasteiger partial charge in [0.2, 0.25) is 5.96 Å². The van der Waals surface area contributed by atoms with Crippen molar-refractivity contribution in [2.24, 2.45) is 16.8 Å². The number of guanidine groups is 1. The Morgan fingerprint density at radius 3 is 2.21 bits per heavy atom. The zero-order valence-corrected chi connectivity index (χ0v) is 9.80. The van der Waals surface area contributed by atoms with Gasteiger partial charge in [0.15, 0.2) is 0 Å². The van der Waals surface area contributed by atoms with Gasteiger partial charge in [0, 0.05) is 12.6 Å². The number of nitrogens with two attached hydrogens (primary N) is 1. The third kappa shape index (κ3) is 5.80. The first-order valence-corrected chi connectivity index (χ1v) is 5.41. The summed E-state index contributed by atoms with van der Waals surface area (Å²) >= 11 is 0. The second-order valence-electron chi connectivity index (χ2n) is 3.89. The van der Waals surface area contributed by atoms with Crippen LogP contribution in [0.15, 0.2) is 4.99 Å². The number of nitrogens with zero attached hydrogens (tertiary/aromatic N) is 1. The number of rotatable bonds is 5. The summed E-state index contributed by atoms with van der Waals surface area (Å²) in [6.07, 6.45) is 2.16. The third-order valence-electron chi connectivity index (χ3n) is 2.08. The van der Waals surface area contributed by atoms with E-state index in [-0.39, 0.29) is 0 Å². The van der Waals surface area contributed by atoms with E-state index in [1.54, 1.807) is 0 Å². The monoisotopic (exact) mass is 200 g/mol. The van der Waals surface area contributed by atoms with Crippen LogP contribution in [0.25, 0.3) is 0 Å². The fourth-order valence-electron chi connectivity index (χ4n) is 1.09. The number of hydrazine groups is 1. The number of hydrogen-bond acceptors (Lipinski definition) is 2. The van der Waals surface area contributed by atoms with Gasteiger partial charge in [-0.25, -0.2) is 5.84 Å². The van der Waals surface area contributed by atoms with E-state index in [0.717, 1.165) is 19.4 Å². The summed E-state index contributed by atoms with van der Waals surface area (Å²) in [5.74, 6) is 6.63. The Labute approximate surface area is 87.3 Å². The fourth-order valence-corrected chi connectivity index (χ4v) is 1.09. The van der Waals surface area contributed by atoms with Gasteiger partial charge in [-0.1, -0.05) is 27.7 Å². The van der Waals surface area contributed by atoms with Crippen molar-refractivity contribution >= 4 is 5.96 Å². The van der Waals surface area contributed by atoms with Crippen LogP contribution in [0.2, 0.25) is 0 Å². The Hall–Kier alpha value is -0.770. The van der Waals surface area contributed by atoms with Crippen molar-refractivity contribution in [3.8, 4) is 0 Å². The second-order valence-corrected chi connectivity index (χ2v) is 3.89. The molecule has 0 unspecified atom stereocenters. The average molecular weight is 200 g/mol. The molecule has 4 heteroatoms. The van der Waals surface area contributed by atoms with Crippen LogP contribution in [0.5, 0.6) is 0 Å². The summed E-state index contributed by atoms with van der Waals surface area (Å²) in [5, 5.41) is 3.27. The molecule has 0 aromatic carbocycles. The molecule has 0 aromatic rings. The maximum atomic E-state index is 5.37. The van der Waals surface area contributed by atoms with Gasteiger partial charge >= 0.3 is 0 Å². The molecule has 0 spiro atoms. The molecular weight excluding hydrogens is 176 g/mol. The fraction of sp³-hybridized carbons (Fsp3) is 0.900. The van der Waals surface area contributed by atoms with Gasteiger partial charge in [0.1, 0.15) is 0 Å². The van der Waals surface area contributed by atoms with Gasteiger partial charge in [-0.3, -0.25) is 10.4 Å². The van der Waals surface area contributed by atoms with E-state index < -0.39 is 0 Å². The highest BCUT2D eigenvalue weighted by molar-refractivity contribution is 5.79. The van der Waals surface area contributed by atoms with E-state index in [4.69, 9.17) is 5.84 Å². The molecule has 0 fully saturated rings. The zero-order valence-electron chi connectivity index (χ0n) is 9.80. The number of nitrogens with one attached hydrogen (secondary N) is 2. The Bertz CT molecular complexity index is 162. The van der Waals surface area contributed by atoms with Crippen LogP contribution in [0.1, 0.15) is 40.5 Å². The SMILES string of the molecule is CCC(CC)NC(=NCC(C)C)NN. The molecule has 0 saturated heterocycles. The van der Waals surface area contributed by atoms with Gasteiger partial charge in [-0.2, -0.15) is 0 Å². The number of hydrogen-bond donors (Lipinski definition) is 3. The maximum Gasteiger partial charge on any atom is 0.205 e. The highest BCUT2D eigenvalue weighted by Crippen LogP contribution is 1.96. The van der Waals surface area contributed by atoms with Crippen molar-refractivity contribution in [3.05, 3.63) is 0 Å². The van der Waals surface area contributed by atoms with Crippen LogP contribution in [0.3, 0.4) is 0 Å². The molecule has 4 N–H and O–H groups in total. The standard InChI is InChI=1S/C10H24N4/c1-5-9(6-2)13-10(14-11)12-7-8(3)4/h8-9H,5-7,11H2,1-4H3,(H2,12,13,14). The topological polar surface area (TPSA) is 62.4 Å². The van der Waals surface area contributed by atoms with Crippen molar-refractivity contribution in [1.82, 2.24) is 10.7 Å². The van der Waals surface area contributed by atoms with E-state index in [0.29, 0.717) is 17.9 Å². The van der Waals surface area contributed by atoms with E-state index in [2.05, 4.69) is 43.4 Å². The number of aliphatic imine (C=N–C) groups is 1. The van der Waals surface area contributed by atoms with E-state index in [1.165, 1.54) is 0 Å². The zero-order chi connectivity index (χ0) is 11.0. The largest absolute Gasteiger partial charge is 0.353 e.